The molecule has 0 saturated heterocycles. The molecular formula is C25H41BN2O6Si. The van der Waals surface area contributed by atoms with Crippen LogP contribution in [0.2, 0.25) is 18.1 Å². The van der Waals surface area contributed by atoms with Crippen molar-refractivity contribution in [3.63, 3.8) is 0 Å². The Labute approximate surface area is 210 Å². The summed E-state index contributed by atoms with van der Waals surface area (Å²) in [6.07, 6.45) is 4.81. The fourth-order valence-electron chi connectivity index (χ4n) is 4.60. The highest BCUT2D eigenvalue weighted by Crippen LogP contribution is 2.36. The lowest BCUT2D eigenvalue weighted by atomic mass is 9.72. The Hall–Kier alpha value is -1.88. The number of benzene rings is 1. The number of carbonyl (C=O) groups is 2. The van der Waals surface area contributed by atoms with Crippen LogP contribution >= 0.6 is 0 Å². The highest BCUT2D eigenvalue weighted by Gasteiger charge is 2.38. The minimum Gasteiger partial charge on any atom is -0.534 e. The van der Waals surface area contributed by atoms with Gasteiger partial charge in [-0.05, 0) is 67.8 Å². The van der Waals surface area contributed by atoms with E-state index in [2.05, 4.69) is 44.5 Å². The normalized spacial score (nSPS) is 22.8. The number of para-hydroxylation sites is 1. The Kier molecular flexibility index (Phi) is 9.07. The zero-order valence-electron chi connectivity index (χ0n) is 21.7. The van der Waals surface area contributed by atoms with E-state index in [1.807, 2.05) is 0 Å². The Morgan fingerprint density at radius 2 is 1.89 bits per heavy atom. The van der Waals surface area contributed by atoms with Gasteiger partial charge in [-0.15, -0.1) is 0 Å². The van der Waals surface area contributed by atoms with E-state index in [0.717, 1.165) is 38.8 Å². The Morgan fingerprint density at radius 3 is 2.51 bits per heavy atom. The third kappa shape index (κ3) is 7.31. The van der Waals surface area contributed by atoms with Crippen molar-refractivity contribution >= 4 is 27.3 Å². The van der Waals surface area contributed by atoms with E-state index >= 15 is 0 Å². The Morgan fingerprint density at radius 1 is 1.20 bits per heavy atom. The van der Waals surface area contributed by atoms with Crippen LogP contribution in [0, 0.1) is 5.92 Å². The van der Waals surface area contributed by atoms with E-state index in [0.29, 0.717) is 30.4 Å². The molecule has 35 heavy (non-hydrogen) atoms. The predicted octanol–water partition coefficient (Wildman–Crippen LogP) is 3.38. The lowest BCUT2D eigenvalue weighted by Gasteiger charge is -2.36. The molecular weight excluding hydrogens is 463 g/mol. The van der Waals surface area contributed by atoms with Gasteiger partial charge in [-0.1, -0.05) is 32.9 Å². The number of nitrogens with one attached hydrogen (secondary N) is 2. The molecule has 0 unspecified atom stereocenters. The van der Waals surface area contributed by atoms with Gasteiger partial charge < -0.3 is 29.8 Å². The van der Waals surface area contributed by atoms with Crippen molar-refractivity contribution in [3.8, 4) is 5.75 Å². The highest BCUT2D eigenvalue weighted by atomic mass is 28.4. The van der Waals surface area contributed by atoms with Gasteiger partial charge in [-0.25, -0.2) is 4.79 Å². The molecule has 8 nitrogen and oxygen atoms in total. The van der Waals surface area contributed by atoms with Crippen LogP contribution in [0.5, 0.6) is 5.75 Å². The van der Waals surface area contributed by atoms with Gasteiger partial charge in [0.05, 0.1) is 11.5 Å². The molecule has 1 heterocycles. The van der Waals surface area contributed by atoms with E-state index in [1.54, 1.807) is 12.1 Å². The lowest BCUT2D eigenvalue weighted by Crippen LogP contribution is -2.53. The lowest BCUT2D eigenvalue weighted by molar-refractivity contribution is -0.122. The molecule has 4 N–H and O–H groups in total. The molecule has 1 saturated carbocycles. The molecule has 2 aliphatic rings. The van der Waals surface area contributed by atoms with Crippen molar-refractivity contribution in [2.75, 3.05) is 13.2 Å². The van der Waals surface area contributed by atoms with Gasteiger partial charge in [0.15, 0.2) is 8.32 Å². The first-order chi connectivity index (χ1) is 16.4. The second-order valence-corrected chi connectivity index (χ2v) is 16.3. The molecule has 1 amide bonds. The van der Waals surface area contributed by atoms with Crippen molar-refractivity contribution in [2.45, 2.75) is 89.4 Å². The molecule has 0 spiro atoms. The minimum atomic E-state index is -1.71. The van der Waals surface area contributed by atoms with Crippen LogP contribution in [0.25, 0.3) is 0 Å². The first-order valence-electron chi connectivity index (χ1n) is 12.7. The summed E-state index contributed by atoms with van der Waals surface area (Å²) in [5.41, 5.74) is 0.688. The fourth-order valence-corrected chi connectivity index (χ4v) is 5.65. The number of aromatic carboxylic acids is 1. The maximum Gasteiger partial charge on any atom is 0.547 e. The maximum absolute atomic E-state index is 12.7. The van der Waals surface area contributed by atoms with E-state index in [1.165, 1.54) is 6.07 Å². The van der Waals surface area contributed by atoms with E-state index in [4.69, 9.17) is 9.08 Å². The minimum absolute atomic E-state index is 0.0169. The van der Waals surface area contributed by atoms with Crippen molar-refractivity contribution in [1.29, 1.82) is 0 Å². The monoisotopic (exact) mass is 504 g/mol. The second-order valence-electron chi connectivity index (χ2n) is 11.5. The fraction of sp³-hybridized carbons (Fsp3) is 0.680. The number of fused-ring (bicyclic) bond motifs is 1. The third-order valence-corrected chi connectivity index (χ3v) is 12.4. The van der Waals surface area contributed by atoms with Crippen LogP contribution in [0.4, 0.5) is 0 Å². The molecule has 3 rings (SSSR count). The van der Waals surface area contributed by atoms with Gasteiger partial charge in [0.1, 0.15) is 5.75 Å². The molecule has 0 radical (unpaired) electrons. The summed E-state index contributed by atoms with van der Waals surface area (Å²) in [5, 5.41) is 26.4. The van der Waals surface area contributed by atoms with Crippen molar-refractivity contribution in [1.82, 2.24) is 10.6 Å². The van der Waals surface area contributed by atoms with Crippen LogP contribution in [0.3, 0.4) is 0 Å². The van der Waals surface area contributed by atoms with Crippen molar-refractivity contribution in [2.24, 2.45) is 5.92 Å². The molecule has 1 aromatic carbocycles. The summed E-state index contributed by atoms with van der Waals surface area (Å²) < 4.78 is 11.7. The van der Waals surface area contributed by atoms with Gasteiger partial charge in [0.2, 0.25) is 5.91 Å². The van der Waals surface area contributed by atoms with Crippen LogP contribution in [0.15, 0.2) is 18.2 Å². The average Bonchev–Trinajstić information content (AvgIpc) is 2.77. The highest BCUT2D eigenvalue weighted by molar-refractivity contribution is 6.74. The number of carbonyl (C=O) groups excluding carboxylic acids is 1. The van der Waals surface area contributed by atoms with Crippen LogP contribution < -0.4 is 15.3 Å². The number of carboxylic acids is 1. The summed E-state index contributed by atoms with van der Waals surface area (Å²) in [6.45, 7) is 12.9. The smallest absolute Gasteiger partial charge is 0.534 e. The summed E-state index contributed by atoms with van der Waals surface area (Å²) in [5.74, 6) is -1.31. The van der Waals surface area contributed by atoms with Gasteiger partial charge in [-0.2, -0.15) is 0 Å². The first kappa shape index (κ1) is 27.7. The maximum atomic E-state index is 12.7. The molecule has 1 aliphatic carbocycles. The summed E-state index contributed by atoms with van der Waals surface area (Å²) in [7, 11) is -2.99. The molecule has 194 valence electrons. The molecule has 1 aromatic rings. The molecule has 1 atom stereocenters. The molecule has 1 fully saturated rings. The SMILES string of the molecule is CC(C)(C)[Si](C)(C)OCCNC1CCC(CC(=O)N[C@H]2Cc3cccc(C(=O)O)c3OB2O)CC1. The zero-order valence-corrected chi connectivity index (χ0v) is 22.7. The van der Waals surface area contributed by atoms with Gasteiger partial charge >= 0.3 is 13.1 Å². The van der Waals surface area contributed by atoms with Gasteiger partial charge in [0.25, 0.3) is 0 Å². The topological polar surface area (TPSA) is 117 Å². The Balaban J connectivity index is 1.38. The standard InChI is InChI=1S/C25H41BN2O6Si/c1-25(2,3)35(4,5)33-14-13-27-19-11-9-17(10-12-19)15-22(29)28-21-16-18-7-6-8-20(24(30)31)23(18)34-26(21)32/h6-8,17,19,21,27,32H,9-16H2,1-5H3,(H,28,29)(H,30,31)/t17?,19?,21-/m0/s1. The van der Waals surface area contributed by atoms with Crippen LogP contribution in [-0.4, -0.2) is 62.6 Å². The van der Waals surface area contributed by atoms with Crippen LogP contribution in [0.1, 0.15) is 68.8 Å². The van der Waals surface area contributed by atoms with E-state index < -0.39 is 27.3 Å². The zero-order chi connectivity index (χ0) is 25.8. The van der Waals surface area contributed by atoms with Crippen LogP contribution in [-0.2, 0) is 15.6 Å². The predicted molar refractivity (Wildman–Crippen MR) is 139 cm³/mol. The summed E-state index contributed by atoms with van der Waals surface area (Å²) in [4.78, 5) is 24.1. The number of hydrogen-bond donors (Lipinski definition) is 4. The number of carboxylic acid groups (broad SMARTS) is 1. The molecule has 10 heteroatoms. The quantitative estimate of drug-likeness (QED) is 0.301. The second kappa shape index (κ2) is 11.5. The number of rotatable bonds is 9. The molecule has 0 bridgehead atoms. The summed E-state index contributed by atoms with van der Waals surface area (Å²) >= 11 is 0. The molecule has 0 aromatic heterocycles. The van der Waals surface area contributed by atoms with Crippen molar-refractivity contribution in [3.05, 3.63) is 29.3 Å². The molecule has 1 aliphatic heterocycles. The number of amides is 1. The van der Waals surface area contributed by atoms with Crippen molar-refractivity contribution < 1.29 is 28.8 Å². The van der Waals surface area contributed by atoms with Gasteiger partial charge in [0, 0.05) is 25.6 Å². The van der Waals surface area contributed by atoms with E-state index in [-0.39, 0.29) is 22.3 Å². The largest absolute Gasteiger partial charge is 0.547 e. The number of hydrogen-bond acceptors (Lipinski definition) is 6. The van der Waals surface area contributed by atoms with Gasteiger partial charge in [-0.3, -0.25) is 4.79 Å². The average molecular weight is 505 g/mol. The first-order valence-corrected chi connectivity index (χ1v) is 15.6. The summed E-state index contributed by atoms with van der Waals surface area (Å²) in [6, 6.07) is 5.32. The third-order valence-electron chi connectivity index (χ3n) is 7.82. The Bertz CT molecular complexity index is 898. The van der Waals surface area contributed by atoms with E-state index in [9.17, 15) is 19.7 Å².